The predicted octanol–water partition coefficient (Wildman–Crippen LogP) is 5.56. The van der Waals surface area contributed by atoms with Crippen molar-refractivity contribution in [3.05, 3.63) is 56.5 Å². The number of hydrogen-bond acceptors (Lipinski definition) is 4. The molecule has 0 saturated heterocycles. The Morgan fingerprint density at radius 3 is 2.68 bits per heavy atom. The maximum atomic E-state index is 13.8. The van der Waals surface area contributed by atoms with Gasteiger partial charge in [0.2, 0.25) is 5.91 Å². The fourth-order valence-electron chi connectivity index (χ4n) is 2.31. The van der Waals surface area contributed by atoms with Crippen LogP contribution >= 0.6 is 50.9 Å². The molecule has 0 unspecified atom stereocenters. The fourth-order valence-corrected chi connectivity index (χ4v) is 4.02. The quantitative estimate of drug-likeness (QED) is 0.459. The molecular weight excluding hydrogens is 497 g/mol. The topological polar surface area (TPSA) is 59.8 Å². The Bertz CT molecular complexity index is 1040. The van der Waals surface area contributed by atoms with Crippen molar-refractivity contribution in [2.24, 2.45) is 7.05 Å². The zero-order valence-corrected chi connectivity index (χ0v) is 18.1. The van der Waals surface area contributed by atoms with Gasteiger partial charge in [-0.25, -0.2) is 8.78 Å². The molecule has 0 aliphatic rings. The number of anilines is 1. The molecule has 5 nitrogen and oxygen atoms in total. The summed E-state index contributed by atoms with van der Waals surface area (Å²) in [5, 5.41) is 12.0. The second-order valence-corrected chi connectivity index (χ2v) is 8.21. The first-order valence-electron chi connectivity index (χ1n) is 7.68. The minimum absolute atomic E-state index is 0.0520. The standard InChI is InChI=1S/C17H11BrCl2F2N4OS/c1-26-16(10-3-2-8(19)4-12(10)20)24-25-17(26)28-7-14(27)23-15-11(18)5-9(21)6-13(15)22/h2-6H,7H2,1H3,(H,23,27). The lowest BCUT2D eigenvalue weighted by Gasteiger charge is -2.09. The number of thioether (sulfide) groups is 1. The summed E-state index contributed by atoms with van der Waals surface area (Å²) < 4.78 is 28.7. The first-order chi connectivity index (χ1) is 13.3. The van der Waals surface area contributed by atoms with Gasteiger partial charge < -0.3 is 9.88 Å². The van der Waals surface area contributed by atoms with Crippen LogP contribution in [0.15, 0.2) is 40.0 Å². The van der Waals surface area contributed by atoms with Gasteiger partial charge in [0.1, 0.15) is 5.82 Å². The van der Waals surface area contributed by atoms with Crippen molar-refractivity contribution in [1.82, 2.24) is 14.8 Å². The van der Waals surface area contributed by atoms with Gasteiger partial charge in [0.25, 0.3) is 0 Å². The average molecular weight is 508 g/mol. The van der Waals surface area contributed by atoms with Crippen LogP contribution in [0.25, 0.3) is 11.4 Å². The van der Waals surface area contributed by atoms with E-state index in [4.69, 9.17) is 23.2 Å². The van der Waals surface area contributed by atoms with Gasteiger partial charge in [0.05, 0.1) is 16.5 Å². The van der Waals surface area contributed by atoms with Gasteiger partial charge in [-0.2, -0.15) is 0 Å². The molecule has 1 N–H and O–H groups in total. The summed E-state index contributed by atoms with van der Waals surface area (Å²) in [5.74, 6) is -1.64. The van der Waals surface area contributed by atoms with E-state index in [0.29, 0.717) is 32.7 Å². The summed E-state index contributed by atoms with van der Waals surface area (Å²) in [5.41, 5.74) is 0.522. The third-order valence-corrected chi connectivity index (χ3v) is 5.80. The van der Waals surface area contributed by atoms with Gasteiger partial charge in [0, 0.05) is 28.2 Å². The van der Waals surface area contributed by atoms with E-state index in [2.05, 4.69) is 31.4 Å². The van der Waals surface area contributed by atoms with Crippen molar-refractivity contribution in [2.75, 3.05) is 11.1 Å². The molecule has 3 rings (SSSR count). The number of halogens is 5. The Hall–Kier alpha value is -1.68. The van der Waals surface area contributed by atoms with E-state index in [1.165, 1.54) is 0 Å². The number of carbonyl (C=O) groups excluding carboxylic acids is 1. The highest BCUT2D eigenvalue weighted by atomic mass is 79.9. The number of aromatic nitrogens is 3. The van der Waals surface area contributed by atoms with E-state index in [1.807, 2.05) is 0 Å². The van der Waals surface area contributed by atoms with Gasteiger partial charge in [0.15, 0.2) is 16.8 Å². The lowest BCUT2D eigenvalue weighted by molar-refractivity contribution is -0.113. The minimum Gasteiger partial charge on any atom is -0.322 e. The SMILES string of the molecule is Cn1c(SCC(=O)Nc2c(F)cc(F)cc2Br)nnc1-c1ccc(Cl)cc1Cl. The van der Waals surface area contributed by atoms with Gasteiger partial charge >= 0.3 is 0 Å². The smallest absolute Gasteiger partial charge is 0.234 e. The number of hydrogen-bond donors (Lipinski definition) is 1. The van der Waals surface area contributed by atoms with Gasteiger partial charge in [-0.05, 0) is 40.2 Å². The highest BCUT2D eigenvalue weighted by molar-refractivity contribution is 9.10. The van der Waals surface area contributed by atoms with Crippen LogP contribution in [0.1, 0.15) is 0 Å². The molecule has 1 aromatic heterocycles. The maximum absolute atomic E-state index is 13.8. The molecule has 1 heterocycles. The Morgan fingerprint density at radius 1 is 1.25 bits per heavy atom. The first kappa shape index (κ1) is 21.0. The Kier molecular flexibility index (Phi) is 6.59. The molecule has 11 heteroatoms. The van der Waals surface area contributed by atoms with E-state index in [9.17, 15) is 13.6 Å². The van der Waals surface area contributed by atoms with Crippen molar-refractivity contribution < 1.29 is 13.6 Å². The zero-order valence-electron chi connectivity index (χ0n) is 14.1. The van der Waals surface area contributed by atoms with Crippen LogP contribution < -0.4 is 5.32 Å². The highest BCUT2D eigenvalue weighted by Crippen LogP contribution is 2.31. The van der Waals surface area contributed by atoms with Crippen LogP contribution in [0.3, 0.4) is 0 Å². The fraction of sp³-hybridized carbons (Fsp3) is 0.118. The first-order valence-corrected chi connectivity index (χ1v) is 10.2. The number of nitrogens with zero attached hydrogens (tertiary/aromatic N) is 3. The molecule has 1 amide bonds. The molecule has 0 atom stereocenters. The summed E-state index contributed by atoms with van der Waals surface area (Å²) in [6.45, 7) is 0. The summed E-state index contributed by atoms with van der Waals surface area (Å²) in [7, 11) is 1.73. The monoisotopic (exact) mass is 506 g/mol. The summed E-state index contributed by atoms with van der Waals surface area (Å²) in [6, 6.07) is 6.77. The molecule has 0 fully saturated rings. The highest BCUT2D eigenvalue weighted by Gasteiger charge is 2.17. The number of benzene rings is 2. The Labute approximate surface area is 181 Å². The summed E-state index contributed by atoms with van der Waals surface area (Å²) >= 11 is 16.2. The van der Waals surface area contributed by atoms with Crippen LogP contribution in [-0.2, 0) is 11.8 Å². The second-order valence-electron chi connectivity index (χ2n) is 5.57. The average Bonchev–Trinajstić information content (AvgIpc) is 2.97. The molecule has 146 valence electrons. The number of carbonyl (C=O) groups is 1. The predicted molar refractivity (Wildman–Crippen MR) is 110 cm³/mol. The van der Waals surface area contributed by atoms with Gasteiger partial charge in [-0.15, -0.1) is 10.2 Å². The van der Waals surface area contributed by atoms with E-state index < -0.39 is 17.5 Å². The zero-order chi connectivity index (χ0) is 20.4. The second kappa shape index (κ2) is 8.77. The van der Waals surface area contributed by atoms with Gasteiger partial charge in [-0.3, -0.25) is 4.79 Å². The van der Waals surface area contributed by atoms with E-state index in [1.54, 1.807) is 29.8 Å². The molecule has 0 bridgehead atoms. The van der Waals surface area contributed by atoms with Crippen molar-refractivity contribution in [2.45, 2.75) is 5.16 Å². The number of nitrogens with one attached hydrogen (secondary N) is 1. The molecule has 3 aromatic rings. The Morgan fingerprint density at radius 2 is 2.00 bits per heavy atom. The largest absolute Gasteiger partial charge is 0.322 e. The van der Waals surface area contributed by atoms with Crippen molar-refractivity contribution in [1.29, 1.82) is 0 Å². The van der Waals surface area contributed by atoms with Crippen molar-refractivity contribution >= 4 is 62.5 Å². The number of rotatable bonds is 5. The third kappa shape index (κ3) is 4.65. The molecule has 0 aliphatic carbocycles. The van der Waals surface area contributed by atoms with Crippen LogP contribution in [0.4, 0.5) is 14.5 Å². The molecule has 28 heavy (non-hydrogen) atoms. The molecule has 0 spiro atoms. The van der Waals surface area contributed by atoms with Crippen LogP contribution in [0.2, 0.25) is 10.0 Å². The van der Waals surface area contributed by atoms with Crippen LogP contribution in [-0.4, -0.2) is 26.4 Å². The van der Waals surface area contributed by atoms with E-state index in [0.717, 1.165) is 17.8 Å². The lowest BCUT2D eigenvalue weighted by Crippen LogP contribution is -2.16. The van der Waals surface area contributed by atoms with Crippen molar-refractivity contribution in [3.8, 4) is 11.4 Å². The van der Waals surface area contributed by atoms with Crippen LogP contribution in [0, 0.1) is 11.6 Å². The Balaban J connectivity index is 1.70. The van der Waals surface area contributed by atoms with Crippen LogP contribution in [0.5, 0.6) is 0 Å². The molecule has 0 saturated carbocycles. The van der Waals surface area contributed by atoms with E-state index >= 15 is 0 Å². The summed E-state index contributed by atoms with van der Waals surface area (Å²) in [4.78, 5) is 12.1. The summed E-state index contributed by atoms with van der Waals surface area (Å²) in [6.07, 6.45) is 0. The maximum Gasteiger partial charge on any atom is 0.234 e. The normalized spacial score (nSPS) is 10.9. The van der Waals surface area contributed by atoms with Gasteiger partial charge in [-0.1, -0.05) is 35.0 Å². The minimum atomic E-state index is -0.872. The molecular formula is C17H11BrCl2F2N4OS. The third-order valence-electron chi connectivity index (χ3n) is 3.61. The molecule has 2 aromatic carbocycles. The number of amides is 1. The van der Waals surface area contributed by atoms with E-state index in [-0.39, 0.29) is 15.9 Å². The molecule has 0 aliphatic heterocycles. The molecule has 0 radical (unpaired) electrons. The lowest BCUT2D eigenvalue weighted by atomic mass is 10.2. The van der Waals surface area contributed by atoms with Crippen molar-refractivity contribution in [3.63, 3.8) is 0 Å².